The number of anilines is 1. The molecule has 2 heterocycles. The van der Waals surface area contributed by atoms with Gasteiger partial charge < -0.3 is 11.1 Å². The summed E-state index contributed by atoms with van der Waals surface area (Å²) in [5.41, 5.74) is 13.8. The normalized spacial score (nSPS) is 13.9. The van der Waals surface area contributed by atoms with Crippen molar-refractivity contribution in [2.24, 2.45) is 7.05 Å². The highest BCUT2D eigenvalue weighted by atomic mass is 15.5. The lowest BCUT2D eigenvalue weighted by atomic mass is 9.97. The topological polar surface area (TPSA) is 60.3 Å². The molecule has 152 valence electrons. The van der Waals surface area contributed by atoms with Crippen molar-refractivity contribution < 1.29 is 0 Å². The molecule has 0 radical (unpaired) electrons. The highest BCUT2D eigenvalue weighted by Crippen LogP contribution is 2.32. The van der Waals surface area contributed by atoms with Gasteiger partial charge in [0.1, 0.15) is 5.52 Å². The predicted molar refractivity (Wildman–Crippen MR) is 121 cm³/mol. The first-order valence-corrected chi connectivity index (χ1v) is 10.6. The van der Waals surface area contributed by atoms with Crippen LogP contribution >= 0.6 is 0 Å². The number of aromatic nitrogens is 3. The molecule has 0 aliphatic heterocycles. The first kappa shape index (κ1) is 19.5. The maximum atomic E-state index is 6.30. The zero-order chi connectivity index (χ0) is 20.2. The Labute approximate surface area is 172 Å². The summed E-state index contributed by atoms with van der Waals surface area (Å²) in [6, 6.07) is 11.2. The number of nitrogens with two attached hydrogens (primary N) is 1. The van der Waals surface area contributed by atoms with Gasteiger partial charge in [0, 0.05) is 18.3 Å². The number of nitrogens with one attached hydrogen (secondary N) is 1. The van der Waals surface area contributed by atoms with E-state index in [4.69, 9.17) is 5.73 Å². The molecular weight excluding hydrogens is 358 g/mol. The minimum absolute atomic E-state index is 0.588. The fourth-order valence-corrected chi connectivity index (χ4v) is 4.26. The summed E-state index contributed by atoms with van der Waals surface area (Å²) in [7, 11) is 3.95. The summed E-state index contributed by atoms with van der Waals surface area (Å²) in [5.74, 6) is 0.588. The maximum absolute atomic E-state index is 6.30. The van der Waals surface area contributed by atoms with Crippen LogP contribution in [0.15, 0.2) is 54.1 Å². The quantitative estimate of drug-likeness (QED) is 0.565. The lowest BCUT2D eigenvalue weighted by Crippen LogP contribution is -2.10. The van der Waals surface area contributed by atoms with Gasteiger partial charge in [0.25, 0.3) is 0 Å². The minimum Gasteiger partial charge on any atom is -0.380 e. The Morgan fingerprint density at radius 1 is 1.14 bits per heavy atom. The molecule has 0 amide bonds. The third kappa shape index (κ3) is 4.15. The van der Waals surface area contributed by atoms with Crippen molar-refractivity contribution in [1.82, 2.24) is 19.7 Å². The maximum Gasteiger partial charge on any atom is 0.172 e. The van der Waals surface area contributed by atoms with E-state index in [1.807, 2.05) is 18.9 Å². The minimum atomic E-state index is 0.588. The van der Waals surface area contributed by atoms with Gasteiger partial charge in [-0.1, -0.05) is 48.1 Å². The van der Waals surface area contributed by atoms with E-state index in [0.29, 0.717) is 5.82 Å². The Balaban J connectivity index is 1.63. The molecule has 5 nitrogen and oxygen atoms in total. The highest BCUT2D eigenvalue weighted by Gasteiger charge is 2.17. The molecule has 4 rings (SSSR count). The molecule has 29 heavy (non-hydrogen) atoms. The number of nitrogens with zero attached hydrogens (tertiary/aromatic N) is 3. The molecule has 0 bridgehead atoms. The molecule has 0 fully saturated rings. The van der Waals surface area contributed by atoms with Crippen LogP contribution in [-0.2, 0) is 19.9 Å². The van der Waals surface area contributed by atoms with E-state index in [1.165, 1.54) is 40.8 Å². The Bertz CT molecular complexity index is 1050. The van der Waals surface area contributed by atoms with Crippen LogP contribution in [0.5, 0.6) is 0 Å². The van der Waals surface area contributed by atoms with Crippen LogP contribution in [0.3, 0.4) is 0 Å². The van der Waals surface area contributed by atoms with E-state index in [-0.39, 0.29) is 0 Å². The first-order valence-electron chi connectivity index (χ1n) is 10.6. The Morgan fingerprint density at radius 3 is 2.83 bits per heavy atom. The fraction of sp³-hybridized carbons (Fsp3) is 0.375. The van der Waals surface area contributed by atoms with E-state index in [0.717, 1.165) is 37.7 Å². The van der Waals surface area contributed by atoms with Crippen molar-refractivity contribution in [2.45, 2.75) is 38.5 Å². The van der Waals surface area contributed by atoms with E-state index < -0.39 is 0 Å². The molecule has 0 unspecified atom stereocenters. The first-order chi connectivity index (χ1) is 14.2. The molecule has 1 aromatic carbocycles. The third-order valence-electron chi connectivity index (χ3n) is 5.71. The van der Waals surface area contributed by atoms with Crippen molar-refractivity contribution in [1.29, 1.82) is 0 Å². The molecule has 5 heteroatoms. The van der Waals surface area contributed by atoms with Crippen LogP contribution in [0.2, 0.25) is 0 Å². The summed E-state index contributed by atoms with van der Waals surface area (Å²) >= 11 is 0. The van der Waals surface area contributed by atoms with E-state index in [9.17, 15) is 0 Å². The van der Waals surface area contributed by atoms with Gasteiger partial charge >= 0.3 is 0 Å². The monoisotopic (exact) mass is 389 g/mol. The van der Waals surface area contributed by atoms with Gasteiger partial charge in [0.2, 0.25) is 0 Å². The summed E-state index contributed by atoms with van der Waals surface area (Å²) in [6.45, 7) is 0.996. The van der Waals surface area contributed by atoms with Crippen LogP contribution < -0.4 is 11.1 Å². The standard InChI is InChI=1S/C24H31N5/c1-26-15-7-12-21-17-22(23-24(25)27-28(2)29(21)23)20-11-6-10-19(16-20)14-13-18-8-4-3-5-9-18/h4,6,8-11,16-17,26H,3,5,7,12-15H2,1-2H3,(H2,25,27). The lowest BCUT2D eigenvalue weighted by Gasteiger charge is -2.08. The molecule has 1 aliphatic rings. The van der Waals surface area contributed by atoms with Crippen LogP contribution in [-0.4, -0.2) is 28.0 Å². The van der Waals surface area contributed by atoms with Crippen molar-refractivity contribution in [3.8, 4) is 11.1 Å². The zero-order valence-electron chi connectivity index (χ0n) is 17.5. The number of fused-ring (bicyclic) bond motifs is 1. The summed E-state index contributed by atoms with van der Waals surface area (Å²) < 4.78 is 2.16. The van der Waals surface area contributed by atoms with Crippen LogP contribution in [0.1, 0.15) is 36.9 Å². The third-order valence-corrected chi connectivity index (χ3v) is 5.71. The van der Waals surface area contributed by atoms with Gasteiger partial charge in [-0.05, 0) is 69.3 Å². The Morgan fingerprint density at radius 2 is 2.03 bits per heavy atom. The average Bonchev–Trinajstić information content (AvgIpc) is 3.26. The molecule has 3 N–H and O–H groups in total. The molecule has 2 aromatic heterocycles. The second kappa shape index (κ2) is 8.70. The van der Waals surface area contributed by atoms with Gasteiger partial charge in [-0.25, -0.2) is 9.31 Å². The SMILES string of the molecule is CNCCCc1cc(-c2cccc(CCC3=CCCC=C3)c2)c2c(N)nn(C)n12. The summed E-state index contributed by atoms with van der Waals surface area (Å²) in [4.78, 5) is 1.86. The molecule has 0 saturated heterocycles. The van der Waals surface area contributed by atoms with Gasteiger partial charge in [-0.3, -0.25) is 0 Å². The average molecular weight is 390 g/mol. The molecule has 3 aromatic rings. The Kier molecular flexibility index (Phi) is 5.86. The molecule has 0 atom stereocenters. The predicted octanol–water partition coefficient (Wildman–Crippen LogP) is 4.28. The number of benzene rings is 1. The van der Waals surface area contributed by atoms with E-state index in [2.05, 4.69) is 63.5 Å². The lowest BCUT2D eigenvalue weighted by molar-refractivity contribution is 0.583. The van der Waals surface area contributed by atoms with Gasteiger partial charge in [0.05, 0.1) is 0 Å². The number of hydrogen-bond donors (Lipinski definition) is 2. The second-order valence-corrected chi connectivity index (χ2v) is 7.85. The van der Waals surface area contributed by atoms with Crippen LogP contribution in [0.25, 0.3) is 16.6 Å². The van der Waals surface area contributed by atoms with Crippen molar-refractivity contribution >= 4 is 11.3 Å². The second-order valence-electron chi connectivity index (χ2n) is 7.85. The van der Waals surface area contributed by atoms with E-state index >= 15 is 0 Å². The number of rotatable bonds is 8. The zero-order valence-corrected chi connectivity index (χ0v) is 17.5. The van der Waals surface area contributed by atoms with Crippen molar-refractivity contribution in [3.05, 3.63) is 65.4 Å². The fourth-order valence-electron chi connectivity index (χ4n) is 4.26. The molecule has 0 spiro atoms. The Hall–Kier alpha value is -2.79. The smallest absolute Gasteiger partial charge is 0.172 e. The van der Waals surface area contributed by atoms with Crippen LogP contribution in [0.4, 0.5) is 5.82 Å². The molecule has 1 aliphatic carbocycles. The largest absolute Gasteiger partial charge is 0.380 e. The molecular formula is C24H31N5. The number of nitrogen functional groups attached to an aromatic ring is 1. The van der Waals surface area contributed by atoms with Gasteiger partial charge in [0.15, 0.2) is 5.82 Å². The van der Waals surface area contributed by atoms with Crippen molar-refractivity contribution in [3.63, 3.8) is 0 Å². The summed E-state index contributed by atoms with van der Waals surface area (Å²) in [6.07, 6.45) is 13.5. The van der Waals surface area contributed by atoms with Crippen LogP contribution in [0, 0.1) is 0 Å². The van der Waals surface area contributed by atoms with E-state index in [1.54, 1.807) is 0 Å². The van der Waals surface area contributed by atoms with Gasteiger partial charge in [-0.2, -0.15) is 0 Å². The summed E-state index contributed by atoms with van der Waals surface area (Å²) in [5, 5.41) is 7.70. The van der Waals surface area contributed by atoms with Crippen molar-refractivity contribution in [2.75, 3.05) is 19.3 Å². The molecule has 0 saturated carbocycles. The van der Waals surface area contributed by atoms with Gasteiger partial charge in [-0.15, -0.1) is 5.10 Å². The number of hydrogen-bond acceptors (Lipinski definition) is 3. The highest BCUT2D eigenvalue weighted by molar-refractivity contribution is 5.88. The number of allylic oxidation sites excluding steroid dienone is 4. The number of aryl methyl sites for hydroxylation is 3.